The summed E-state index contributed by atoms with van der Waals surface area (Å²) in [6.45, 7) is 6.13. The van der Waals surface area contributed by atoms with E-state index in [0.717, 1.165) is 39.6 Å². The summed E-state index contributed by atoms with van der Waals surface area (Å²) in [7, 11) is -0.164. The van der Waals surface area contributed by atoms with Crippen LogP contribution in [0.25, 0.3) is 22.2 Å². The Morgan fingerprint density at radius 2 is 1.93 bits per heavy atom. The minimum atomic E-state index is -0.164. The summed E-state index contributed by atoms with van der Waals surface area (Å²) in [4.78, 5) is 9.70. The SMILES string of the molecule is C/C=S(/NC1CCCC1)c1cc(-c2c(C)noc2C)cc2[nH]c(NC3CC3)nc12. The number of fused-ring (bicyclic) bond motifs is 1. The van der Waals surface area contributed by atoms with Gasteiger partial charge in [0.1, 0.15) is 11.3 Å². The molecule has 0 bridgehead atoms. The van der Waals surface area contributed by atoms with Gasteiger partial charge in [-0.1, -0.05) is 28.7 Å². The minimum Gasteiger partial charge on any atom is -0.361 e. The van der Waals surface area contributed by atoms with E-state index < -0.39 is 0 Å². The number of nitrogens with one attached hydrogen (secondary N) is 3. The van der Waals surface area contributed by atoms with E-state index >= 15 is 0 Å². The molecule has 0 aliphatic heterocycles. The summed E-state index contributed by atoms with van der Waals surface area (Å²) in [6.07, 6.45) is 7.63. The third-order valence-electron chi connectivity index (χ3n) is 5.91. The maximum atomic E-state index is 5.45. The van der Waals surface area contributed by atoms with Crippen molar-refractivity contribution in [1.29, 1.82) is 0 Å². The summed E-state index contributed by atoms with van der Waals surface area (Å²) in [5, 5.41) is 9.97. The highest BCUT2D eigenvalue weighted by molar-refractivity contribution is 8.13. The quantitative estimate of drug-likeness (QED) is 0.479. The summed E-state index contributed by atoms with van der Waals surface area (Å²) in [5.41, 5.74) is 5.26. The zero-order chi connectivity index (χ0) is 20.0. The molecular formula is C22H29N5OS. The predicted molar refractivity (Wildman–Crippen MR) is 121 cm³/mol. The van der Waals surface area contributed by atoms with E-state index in [-0.39, 0.29) is 10.7 Å². The van der Waals surface area contributed by atoms with Gasteiger partial charge < -0.3 is 14.8 Å². The molecule has 2 aliphatic carbocycles. The second-order valence-electron chi connectivity index (χ2n) is 8.25. The molecule has 3 aromatic rings. The number of hydrogen-bond acceptors (Lipinski definition) is 5. The first kappa shape index (κ1) is 18.9. The Morgan fingerprint density at radius 3 is 2.59 bits per heavy atom. The Balaban J connectivity index is 1.63. The fourth-order valence-corrected chi connectivity index (χ4v) is 5.99. The van der Waals surface area contributed by atoms with Gasteiger partial charge in [0.05, 0.1) is 11.2 Å². The van der Waals surface area contributed by atoms with Crippen molar-refractivity contribution in [3.05, 3.63) is 23.6 Å². The number of H-pyrrole nitrogens is 1. The smallest absolute Gasteiger partial charge is 0.201 e. The molecule has 0 radical (unpaired) electrons. The normalized spacial score (nSPS) is 18.7. The van der Waals surface area contributed by atoms with Crippen LogP contribution in [0.3, 0.4) is 0 Å². The van der Waals surface area contributed by atoms with Gasteiger partial charge >= 0.3 is 0 Å². The molecule has 7 heteroatoms. The van der Waals surface area contributed by atoms with E-state index in [0.29, 0.717) is 12.1 Å². The fourth-order valence-electron chi connectivity index (χ4n) is 4.26. The van der Waals surface area contributed by atoms with Crippen LogP contribution in [0.15, 0.2) is 21.6 Å². The van der Waals surface area contributed by atoms with E-state index in [1.807, 2.05) is 13.8 Å². The largest absolute Gasteiger partial charge is 0.361 e. The molecule has 0 saturated heterocycles. The van der Waals surface area contributed by atoms with E-state index in [1.165, 1.54) is 43.4 Å². The van der Waals surface area contributed by atoms with Gasteiger partial charge in [0.25, 0.3) is 0 Å². The van der Waals surface area contributed by atoms with Gasteiger partial charge in [-0.05, 0) is 69.5 Å². The molecule has 29 heavy (non-hydrogen) atoms. The van der Waals surface area contributed by atoms with Gasteiger partial charge in [0.2, 0.25) is 5.95 Å². The number of benzene rings is 1. The van der Waals surface area contributed by atoms with Crippen LogP contribution in [0, 0.1) is 13.8 Å². The van der Waals surface area contributed by atoms with E-state index in [9.17, 15) is 0 Å². The Bertz CT molecular complexity index is 1050. The van der Waals surface area contributed by atoms with Crippen LogP contribution >= 0.6 is 10.7 Å². The Labute approximate surface area is 173 Å². The lowest BCUT2D eigenvalue weighted by Crippen LogP contribution is -2.21. The van der Waals surface area contributed by atoms with Crippen molar-refractivity contribution in [2.24, 2.45) is 0 Å². The van der Waals surface area contributed by atoms with Crippen LogP contribution in [0.5, 0.6) is 0 Å². The molecule has 5 rings (SSSR count). The summed E-state index contributed by atoms with van der Waals surface area (Å²) in [6, 6.07) is 5.62. The third kappa shape index (κ3) is 3.73. The second kappa shape index (κ2) is 7.61. The van der Waals surface area contributed by atoms with E-state index in [4.69, 9.17) is 9.51 Å². The van der Waals surface area contributed by atoms with Crippen molar-refractivity contribution in [3.8, 4) is 11.1 Å². The van der Waals surface area contributed by atoms with Gasteiger partial charge in [0.15, 0.2) is 0 Å². The van der Waals surface area contributed by atoms with Crippen LogP contribution < -0.4 is 10.0 Å². The maximum Gasteiger partial charge on any atom is 0.201 e. The Morgan fingerprint density at radius 1 is 1.14 bits per heavy atom. The first-order valence-corrected chi connectivity index (χ1v) is 11.9. The Hall–Kier alpha value is -2.12. The zero-order valence-corrected chi connectivity index (χ0v) is 18.2. The second-order valence-corrected chi connectivity index (χ2v) is 10.1. The summed E-state index contributed by atoms with van der Waals surface area (Å²) in [5.74, 6) is 1.73. The molecule has 0 amide bonds. The number of aryl methyl sites for hydroxylation is 2. The van der Waals surface area contributed by atoms with Crippen LogP contribution in [0.1, 0.15) is 56.9 Å². The molecule has 2 fully saturated rings. The lowest BCUT2D eigenvalue weighted by atomic mass is 10.0. The first-order valence-electron chi connectivity index (χ1n) is 10.6. The van der Waals surface area contributed by atoms with Crippen LogP contribution in [-0.2, 0) is 0 Å². The fraction of sp³-hybridized carbons (Fsp3) is 0.500. The number of rotatable bonds is 6. The number of nitrogens with zero attached hydrogens (tertiary/aromatic N) is 2. The number of anilines is 1. The zero-order valence-electron chi connectivity index (χ0n) is 17.3. The number of imidazole rings is 1. The highest BCUT2D eigenvalue weighted by atomic mass is 32.2. The molecule has 2 aromatic heterocycles. The van der Waals surface area contributed by atoms with Gasteiger partial charge in [-0.15, -0.1) is 0 Å². The molecule has 2 aliphatic rings. The number of aromatic amines is 1. The molecule has 2 heterocycles. The molecule has 2 saturated carbocycles. The number of hydrogen-bond donors (Lipinski definition) is 3. The van der Waals surface area contributed by atoms with E-state index in [1.54, 1.807) is 0 Å². The molecule has 6 nitrogen and oxygen atoms in total. The van der Waals surface area contributed by atoms with Crippen molar-refractivity contribution < 1.29 is 4.52 Å². The van der Waals surface area contributed by atoms with Crippen molar-refractivity contribution in [2.45, 2.75) is 76.3 Å². The van der Waals surface area contributed by atoms with Crippen molar-refractivity contribution in [1.82, 2.24) is 19.8 Å². The van der Waals surface area contributed by atoms with Gasteiger partial charge in [-0.25, -0.2) is 4.98 Å². The maximum absolute atomic E-state index is 5.45. The highest BCUT2D eigenvalue weighted by Crippen LogP contribution is 2.38. The van der Waals surface area contributed by atoms with Crippen LogP contribution in [-0.4, -0.2) is 32.6 Å². The summed E-state index contributed by atoms with van der Waals surface area (Å²) >= 11 is 0. The molecular weight excluding hydrogens is 382 g/mol. The van der Waals surface area contributed by atoms with Gasteiger partial charge in [0, 0.05) is 22.5 Å². The van der Waals surface area contributed by atoms with E-state index in [2.05, 4.69) is 44.6 Å². The monoisotopic (exact) mass is 411 g/mol. The van der Waals surface area contributed by atoms with Crippen molar-refractivity contribution in [3.63, 3.8) is 0 Å². The summed E-state index contributed by atoms with van der Waals surface area (Å²) < 4.78 is 9.35. The Kier molecular flexibility index (Phi) is 4.95. The highest BCUT2D eigenvalue weighted by Gasteiger charge is 2.24. The van der Waals surface area contributed by atoms with Crippen molar-refractivity contribution >= 4 is 33.0 Å². The third-order valence-corrected chi connectivity index (χ3v) is 7.76. The molecule has 1 unspecified atom stereocenters. The van der Waals surface area contributed by atoms with Gasteiger partial charge in [-0.3, -0.25) is 4.72 Å². The lowest BCUT2D eigenvalue weighted by Gasteiger charge is -2.18. The van der Waals surface area contributed by atoms with Crippen LogP contribution in [0.2, 0.25) is 0 Å². The van der Waals surface area contributed by atoms with Crippen molar-refractivity contribution in [2.75, 3.05) is 5.32 Å². The molecule has 1 aromatic carbocycles. The minimum absolute atomic E-state index is 0.164. The molecule has 0 spiro atoms. The average Bonchev–Trinajstić information content (AvgIpc) is 3.07. The molecule has 3 N–H and O–H groups in total. The average molecular weight is 412 g/mol. The predicted octanol–water partition coefficient (Wildman–Crippen LogP) is 5.31. The molecule has 154 valence electrons. The standard InChI is InChI=1S/C22H29N5OS/c1-4-29(27-17-7-5-6-8-17)19-12-15(20-13(2)26-28-14(20)3)11-18-21(19)25-22(24-18)23-16-9-10-16/h4,11-12,16-17,27H,5-10H2,1-3H3,(H2,23,24,25). The lowest BCUT2D eigenvalue weighted by molar-refractivity contribution is 0.393. The number of aromatic nitrogens is 3. The van der Waals surface area contributed by atoms with Crippen LogP contribution in [0.4, 0.5) is 5.95 Å². The van der Waals surface area contributed by atoms with Gasteiger partial charge in [-0.2, -0.15) is 0 Å². The topological polar surface area (TPSA) is 78.8 Å². The molecule has 1 atom stereocenters. The first-order chi connectivity index (χ1) is 14.1.